The van der Waals surface area contributed by atoms with Crippen LogP contribution in [0.15, 0.2) is 12.4 Å². The Bertz CT molecular complexity index is 360. The van der Waals surface area contributed by atoms with Gasteiger partial charge in [0.15, 0.2) is 0 Å². The Labute approximate surface area is 109 Å². The lowest BCUT2D eigenvalue weighted by atomic mass is 9.99. The maximum atomic E-state index is 5.47. The van der Waals surface area contributed by atoms with Gasteiger partial charge in [0.2, 0.25) is 0 Å². The molecule has 0 spiro atoms. The van der Waals surface area contributed by atoms with Crippen LogP contribution in [-0.4, -0.2) is 54.3 Å². The van der Waals surface area contributed by atoms with Crippen molar-refractivity contribution >= 4 is 0 Å². The summed E-state index contributed by atoms with van der Waals surface area (Å²) in [4.78, 5) is 6.68. The van der Waals surface area contributed by atoms with Gasteiger partial charge in [-0.15, -0.1) is 0 Å². The number of nitrogens with zero attached hydrogens (tertiary/aromatic N) is 3. The van der Waals surface area contributed by atoms with E-state index in [1.165, 1.54) is 6.42 Å². The standard InChI is InChI=1S/C13H24N4O/c1-14-12(11-4-7-18-10-11)8-16(2)9-13-15-5-6-17(13)3/h5-6,11-12,14H,4,7-10H2,1-3H3. The summed E-state index contributed by atoms with van der Waals surface area (Å²) in [6.07, 6.45) is 5.01. The first-order chi connectivity index (χ1) is 8.70. The van der Waals surface area contributed by atoms with Crippen LogP contribution in [0, 0.1) is 5.92 Å². The first-order valence-electron chi connectivity index (χ1n) is 6.60. The van der Waals surface area contributed by atoms with Crippen molar-refractivity contribution < 1.29 is 4.74 Å². The first kappa shape index (κ1) is 13.5. The molecule has 1 aromatic rings. The molecule has 0 amide bonds. The molecule has 2 heterocycles. The fraction of sp³-hybridized carbons (Fsp3) is 0.769. The van der Waals surface area contributed by atoms with E-state index < -0.39 is 0 Å². The summed E-state index contributed by atoms with van der Waals surface area (Å²) in [5.41, 5.74) is 0. The highest BCUT2D eigenvalue weighted by Crippen LogP contribution is 2.17. The third-order valence-corrected chi connectivity index (χ3v) is 3.75. The van der Waals surface area contributed by atoms with Crippen molar-refractivity contribution in [1.29, 1.82) is 0 Å². The minimum absolute atomic E-state index is 0.498. The molecule has 18 heavy (non-hydrogen) atoms. The van der Waals surface area contributed by atoms with Crippen molar-refractivity contribution in [2.45, 2.75) is 19.0 Å². The van der Waals surface area contributed by atoms with Gasteiger partial charge in [-0.2, -0.15) is 0 Å². The van der Waals surface area contributed by atoms with Crippen LogP contribution in [0.4, 0.5) is 0 Å². The van der Waals surface area contributed by atoms with Gasteiger partial charge >= 0.3 is 0 Å². The molecule has 1 aliphatic rings. The summed E-state index contributed by atoms with van der Waals surface area (Å²) < 4.78 is 7.54. The van der Waals surface area contributed by atoms with Gasteiger partial charge < -0.3 is 14.6 Å². The zero-order valence-electron chi connectivity index (χ0n) is 11.6. The zero-order valence-corrected chi connectivity index (χ0v) is 11.6. The third kappa shape index (κ3) is 3.31. The number of hydrogen-bond acceptors (Lipinski definition) is 4. The third-order valence-electron chi connectivity index (χ3n) is 3.75. The molecule has 5 nitrogen and oxygen atoms in total. The minimum atomic E-state index is 0.498. The Kier molecular flexibility index (Phi) is 4.74. The van der Waals surface area contributed by atoms with Gasteiger partial charge in [0, 0.05) is 44.6 Å². The predicted octanol–water partition coefficient (Wildman–Crippen LogP) is 0.476. The van der Waals surface area contributed by atoms with Gasteiger partial charge in [0.1, 0.15) is 5.82 Å². The number of rotatable bonds is 6. The van der Waals surface area contributed by atoms with Gasteiger partial charge in [0.25, 0.3) is 0 Å². The fourth-order valence-corrected chi connectivity index (χ4v) is 2.54. The Morgan fingerprint density at radius 2 is 2.50 bits per heavy atom. The molecular weight excluding hydrogens is 228 g/mol. The van der Waals surface area contributed by atoms with E-state index in [9.17, 15) is 0 Å². The van der Waals surface area contributed by atoms with Crippen LogP contribution < -0.4 is 5.32 Å². The molecular formula is C13H24N4O. The second kappa shape index (κ2) is 6.31. The number of nitrogens with one attached hydrogen (secondary N) is 1. The maximum Gasteiger partial charge on any atom is 0.122 e. The maximum absolute atomic E-state index is 5.47. The molecule has 1 aromatic heterocycles. The number of imidazole rings is 1. The van der Waals surface area contributed by atoms with Crippen molar-refractivity contribution in [3.8, 4) is 0 Å². The van der Waals surface area contributed by atoms with Gasteiger partial charge in [-0.1, -0.05) is 0 Å². The molecule has 2 atom stereocenters. The van der Waals surface area contributed by atoms with Crippen LogP contribution in [-0.2, 0) is 18.3 Å². The first-order valence-corrected chi connectivity index (χ1v) is 6.60. The molecule has 0 aliphatic carbocycles. The smallest absolute Gasteiger partial charge is 0.122 e. The second-order valence-corrected chi connectivity index (χ2v) is 5.17. The highest BCUT2D eigenvalue weighted by atomic mass is 16.5. The van der Waals surface area contributed by atoms with E-state index in [0.717, 1.165) is 32.1 Å². The number of aromatic nitrogens is 2. The van der Waals surface area contributed by atoms with E-state index in [1.54, 1.807) is 0 Å². The molecule has 5 heteroatoms. The molecule has 0 saturated carbocycles. The monoisotopic (exact) mass is 252 g/mol. The van der Waals surface area contributed by atoms with Crippen molar-refractivity contribution in [1.82, 2.24) is 19.8 Å². The Morgan fingerprint density at radius 1 is 1.67 bits per heavy atom. The summed E-state index contributed by atoms with van der Waals surface area (Å²) in [6.45, 7) is 3.71. The second-order valence-electron chi connectivity index (χ2n) is 5.17. The summed E-state index contributed by atoms with van der Waals surface area (Å²) >= 11 is 0. The zero-order chi connectivity index (χ0) is 13.0. The molecule has 0 aromatic carbocycles. The highest BCUT2D eigenvalue weighted by Gasteiger charge is 2.25. The van der Waals surface area contributed by atoms with Crippen molar-refractivity contribution in [2.75, 3.05) is 33.9 Å². The summed E-state index contributed by atoms with van der Waals surface area (Å²) in [6, 6.07) is 0.498. The van der Waals surface area contributed by atoms with Gasteiger partial charge in [-0.05, 0) is 20.5 Å². The quantitative estimate of drug-likeness (QED) is 0.799. The average molecular weight is 252 g/mol. The highest BCUT2D eigenvalue weighted by molar-refractivity contribution is 4.91. The lowest BCUT2D eigenvalue weighted by Crippen LogP contribution is -2.43. The predicted molar refractivity (Wildman–Crippen MR) is 71.3 cm³/mol. The van der Waals surface area contributed by atoms with Crippen molar-refractivity contribution in [3.05, 3.63) is 18.2 Å². The molecule has 0 radical (unpaired) electrons. The van der Waals surface area contributed by atoms with E-state index in [2.05, 4.69) is 26.8 Å². The minimum Gasteiger partial charge on any atom is -0.381 e. The lowest BCUT2D eigenvalue weighted by molar-refractivity contribution is 0.167. The van der Waals surface area contributed by atoms with E-state index in [1.807, 2.05) is 26.5 Å². The molecule has 0 bridgehead atoms. The van der Waals surface area contributed by atoms with E-state index in [-0.39, 0.29) is 0 Å². The summed E-state index contributed by atoms with van der Waals surface area (Å²) in [5.74, 6) is 1.74. The average Bonchev–Trinajstić information content (AvgIpc) is 2.99. The van der Waals surface area contributed by atoms with Crippen LogP contribution in [0.2, 0.25) is 0 Å². The molecule has 1 N–H and O–H groups in total. The molecule has 102 valence electrons. The molecule has 2 unspecified atom stereocenters. The summed E-state index contributed by atoms with van der Waals surface area (Å²) in [7, 11) is 6.23. The van der Waals surface area contributed by atoms with Gasteiger partial charge in [-0.25, -0.2) is 4.98 Å². The Balaban J connectivity index is 1.85. The molecule has 1 saturated heterocycles. The molecule has 2 rings (SSSR count). The SMILES string of the molecule is CNC(CN(C)Cc1nccn1C)C1CCOC1. The van der Waals surface area contributed by atoms with E-state index in [4.69, 9.17) is 4.74 Å². The number of likely N-dealkylation sites (N-methyl/N-ethyl adjacent to an activating group) is 2. The Morgan fingerprint density at radius 3 is 3.06 bits per heavy atom. The van der Waals surface area contributed by atoms with Crippen LogP contribution in [0.3, 0.4) is 0 Å². The van der Waals surface area contributed by atoms with Crippen LogP contribution in [0.5, 0.6) is 0 Å². The molecule has 1 fully saturated rings. The largest absolute Gasteiger partial charge is 0.381 e. The van der Waals surface area contributed by atoms with E-state index >= 15 is 0 Å². The Hall–Kier alpha value is -0.910. The van der Waals surface area contributed by atoms with Crippen molar-refractivity contribution in [2.24, 2.45) is 13.0 Å². The van der Waals surface area contributed by atoms with Crippen molar-refractivity contribution in [3.63, 3.8) is 0 Å². The van der Waals surface area contributed by atoms with Gasteiger partial charge in [0.05, 0.1) is 13.2 Å². The van der Waals surface area contributed by atoms with Crippen LogP contribution >= 0.6 is 0 Å². The molecule has 1 aliphatic heterocycles. The van der Waals surface area contributed by atoms with Gasteiger partial charge in [-0.3, -0.25) is 4.90 Å². The fourth-order valence-electron chi connectivity index (χ4n) is 2.54. The lowest BCUT2D eigenvalue weighted by Gasteiger charge is -2.27. The van der Waals surface area contributed by atoms with Crippen LogP contribution in [0.25, 0.3) is 0 Å². The van der Waals surface area contributed by atoms with E-state index in [0.29, 0.717) is 12.0 Å². The number of hydrogen-bond donors (Lipinski definition) is 1. The number of aryl methyl sites for hydroxylation is 1. The summed E-state index contributed by atoms with van der Waals surface area (Å²) in [5, 5.41) is 3.42. The van der Waals surface area contributed by atoms with Crippen LogP contribution in [0.1, 0.15) is 12.2 Å². The normalized spacial score (nSPS) is 21.7. The number of ether oxygens (including phenoxy) is 1. The topological polar surface area (TPSA) is 42.3 Å².